The average Bonchev–Trinajstić information content (AvgIpc) is 3.10. The minimum atomic E-state index is -0.00417. The van der Waals surface area contributed by atoms with Gasteiger partial charge in [-0.15, -0.1) is 22.7 Å². The van der Waals surface area contributed by atoms with Crippen molar-refractivity contribution in [3.05, 3.63) is 45.6 Å². The van der Waals surface area contributed by atoms with Crippen LogP contribution in [0.2, 0.25) is 0 Å². The molecule has 3 nitrogen and oxygen atoms in total. The molecule has 0 saturated carbocycles. The first kappa shape index (κ1) is 13.4. The van der Waals surface area contributed by atoms with Crippen LogP contribution in [-0.2, 0) is 6.54 Å². The molecule has 0 aliphatic rings. The molecule has 0 bridgehead atoms. The van der Waals surface area contributed by atoms with E-state index in [4.69, 9.17) is 0 Å². The molecule has 0 spiro atoms. The minimum absolute atomic E-state index is 0.00417. The minimum Gasteiger partial charge on any atom is -0.346 e. The molecule has 3 rings (SSSR count). The Hall–Kier alpha value is -1.59. The summed E-state index contributed by atoms with van der Waals surface area (Å²) in [6, 6.07) is 8.37. The van der Waals surface area contributed by atoms with Crippen LogP contribution in [0, 0.1) is 0 Å². The van der Waals surface area contributed by atoms with Crippen LogP contribution in [-0.4, -0.2) is 10.5 Å². The third-order valence-corrected chi connectivity index (χ3v) is 4.94. The molecular formula is C15H16N2OS2. The zero-order valence-electron chi connectivity index (χ0n) is 11.4. The molecule has 3 aromatic heterocycles. The number of amides is 1. The lowest BCUT2D eigenvalue weighted by atomic mass is 10.3. The van der Waals surface area contributed by atoms with E-state index in [0.717, 1.165) is 11.2 Å². The van der Waals surface area contributed by atoms with E-state index in [2.05, 4.69) is 35.2 Å². The number of hydrogen-bond donors (Lipinski definition) is 1. The smallest absolute Gasteiger partial charge is 0.268 e. The molecule has 1 amide bonds. The highest BCUT2D eigenvalue weighted by atomic mass is 32.1. The number of thiophene rings is 2. The van der Waals surface area contributed by atoms with Crippen molar-refractivity contribution in [2.24, 2.45) is 0 Å². The van der Waals surface area contributed by atoms with Gasteiger partial charge in [-0.05, 0) is 42.8 Å². The summed E-state index contributed by atoms with van der Waals surface area (Å²) in [5, 5.41) is 7.09. The van der Waals surface area contributed by atoms with Crippen LogP contribution in [0.4, 0.5) is 0 Å². The summed E-state index contributed by atoms with van der Waals surface area (Å²) in [6.45, 7) is 4.80. The SMILES string of the molecule is CC(C)n1c(C(=O)NCc2cccs2)cc2sccc21. The van der Waals surface area contributed by atoms with Crippen molar-refractivity contribution < 1.29 is 4.79 Å². The summed E-state index contributed by atoms with van der Waals surface area (Å²) >= 11 is 3.33. The maximum atomic E-state index is 12.4. The van der Waals surface area contributed by atoms with Crippen molar-refractivity contribution >= 4 is 38.8 Å². The molecule has 0 aliphatic heterocycles. The van der Waals surface area contributed by atoms with Crippen molar-refractivity contribution in [3.8, 4) is 0 Å². The van der Waals surface area contributed by atoms with E-state index < -0.39 is 0 Å². The first-order valence-corrected chi connectivity index (χ1v) is 8.32. The van der Waals surface area contributed by atoms with Crippen LogP contribution in [0.1, 0.15) is 35.3 Å². The van der Waals surface area contributed by atoms with Crippen molar-refractivity contribution in [1.82, 2.24) is 9.88 Å². The first-order valence-electron chi connectivity index (χ1n) is 6.56. The Kier molecular flexibility index (Phi) is 3.63. The molecule has 0 aliphatic carbocycles. The average molecular weight is 304 g/mol. The van der Waals surface area contributed by atoms with Crippen LogP contribution in [0.3, 0.4) is 0 Å². The summed E-state index contributed by atoms with van der Waals surface area (Å²) < 4.78 is 3.27. The number of carbonyl (C=O) groups excluding carboxylic acids is 1. The number of aromatic nitrogens is 1. The number of rotatable bonds is 4. The third-order valence-electron chi connectivity index (χ3n) is 3.21. The Morgan fingerprint density at radius 1 is 1.30 bits per heavy atom. The van der Waals surface area contributed by atoms with Crippen LogP contribution < -0.4 is 5.32 Å². The van der Waals surface area contributed by atoms with Gasteiger partial charge in [-0.2, -0.15) is 0 Å². The molecule has 0 fully saturated rings. The highest BCUT2D eigenvalue weighted by Gasteiger charge is 2.17. The standard InChI is InChI=1S/C15H16N2OS2/c1-10(2)17-12-5-7-20-14(12)8-13(17)15(18)16-9-11-4-3-6-19-11/h3-8,10H,9H2,1-2H3,(H,16,18). The summed E-state index contributed by atoms with van der Waals surface area (Å²) in [5.74, 6) is -0.00417. The molecule has 0 unspecified atom stereocenters. The van der Waals surface area contributed by atoms with E-state index in [1.54, 1.807) is 22.7 Å². The lowest BCUT2D eigenvalue weighted by Crippen LogP contribution is -2.25. The zero-order chi connectivity index (χ0) is 14.1. The molecule has 0 aromatic carbocycles. The highest BCUT2D eigenvalue weighted by Crippen LogP contribution is 2.28. The molecule has 1 N–H and O–H groups in total. The predicted octanol–water partition coefficient (Wildman–Crippen LogP) is 4.28. The topological polar surface area (TPSA) is 34.0 Å². The number of hydrogen-bond acceptors (Lipinski definition) is 3. The predicted molar refractivity (Wildman–Crippen MR) is 85.7 cm³/mol. The van der Waals surface area contributed by atoms with Crippen molar-refractivity contribution in [2.75, 3.05) is 0 Å². The Labute approximate surface area is 125 Å². The van der Waals surface area contributed by atoms with Gasteiger partial charge < -0.3 is 9.88 Å². The Morgan fingerprint density at radius 3 is 2.85 bits per heavy atom. The molecule has 0 radical (unpaired) electrons. The molecule has 0 atom stereocenters. The molecule has 5 heteroatoms. The third kappa shape index (κ3) is 2.39. The molecular weight excluding hydrogens is 288 g/mol. The largest absolute Gasteiger partial charge is 0.346 e. The van der Waals surface area contributed by atoms with E-state index in [9.17, 15) is 4.79 Å². The van der Waals surface area contributed by atoms with Gasteiger partial charge in [0, 0.05) is 10.9 Å². The summed E-state index contributed by atoms with van der Waals surface area (Å²) in [6.07, 6.45) is 0. The van der Waals surface area contributed by atoms with Crippen LogP contribution in [0.5, 0.6) is 0 Å². The van der Waals surface area contributed by atoms with Gasteiger partial charge in [-0.25, -0.2) is 0 Å². The van der Waals surface area contributed by atoms with Crippen molar-refractivity contribution in [3.63, 3.8) is 0 Å². The van der Waals surface area contributed by atoms with Crippen LogP contribution in [0.15, 0.2) is 35.0 Å². The Bertz CT molecular complexity index is 722. The van der Waals surface area contributed by atoms with Gasteiger partial charge in [0.05, 0.1) is 16.8 Å². The van der Waals surface area contributed by atoms with E-state index in [1.165, 1.54) is 9.58 Å². The van der Waals surface area contributed by atoms with Gasteiger partial charge in [0.1, 0.15) is 5.69 Å². The normalized spacial score (nSPS) is 11.3. The quantitative estimate of drug-likeness (QED) is 0.767. The monoisotopic (exact) mass is 304 g/mol. The number of nitrogens with zero attached hydrogens (tertiary/aromatic N) is 1. The van der Waals surface area contributed by atoms with Gasteiger partial charge in [0.2, 0.25) is 0 Å². The summed E-state index contributed by atoms with van der Waals surface area (Å²) in [7, 11) is 0. The Morgan fingerprint density at radius 2 is 2.15 bits per heavy atom. The Balaban J connectivity index is 1.87. The van der Waals surface area contributed by atoms with Gasteiger partial charge in [-0.3, -0.25) is 4.79 Å². The summed E-state index contributed by atoms with van der Waals surface area (Å²) in [4.78, 5) is 13.6. The van der Waals surface area contributed by atoms with Crippen molar-refractivity contribution in [2.45, 2.75) is 26.4 Å². The fraction of sp³-hybridized carbons (Fsp3) is 0.267. The fourth-order valence-electron chi connectivity index (χ4n) is 2.35. The first-order chi connectivity index (χ1) is 9.66. The van der Waals surface area contributed by atoms with Gasteiger partial charge in [0.25, 0.3) is 5.91 Å². The lowest BCUT2D eigenvalue weighted by molar-refractivity contribution is 0.0941. The van der Waals surface area contributed by atoms with E-state index in [-0.39, 0.29) is 11.9 Å². The molecule has 0 saturated heterocycles. The van der Waals surface area contributed by atoms with Gasteiger partial charge in [-0.1, -0.05) is 6.07 Å². The maximum Gasteiger partial charge on any atom is 0.268 e. The molecule has 20 heavy (non-hydrogen) atoms. The second-order valence-corrected chi connectivity index (χ2v) is 6.91. The van der Waals surface area contributed by atoms with Crippen LogP contribution in [0.25, 0.3) is 10.2 Å². The van der Waals surface area contributed by atoms with Crippen LogP contribution >= 0.6 is 22.7 Å². The molecule has 3 aromatic rings. The number of fused-ring (bicyclic) bond motifs is 1. The second kappa shape index (κ2) is 5.42. The van der Waals surface area contributed by atoms with Gasteiger partial charge in [0.15, 0.2) is 0 Å². The fourth-order valence-corrected chi connectivity index (χ4v) is 3.80. The van der Waals surface area contributed by atoms with E-state index in [1.807, 2.05) is 23.6 Å². The zero-order valence-corrected chi connectivity index (χ0v) is 13.1. The second-order valence-electron chi connectivity index (χ2n) is 4.93. The molecule has 104 valence electrons. The van der Waals surface area contributed by atoms with E-state index >= 15 is 0 Å². The van der Waals surface area contributed by atoms with Gasteiger partial charge >= 0.3 is 0 Å². The van der Waals surface area contributed by atoms with E-state index in [0.29, 0.717) is 6.54 Å². The molecule has 3 heterocycles. The highest BCUT2D eigenvalue weighted by molar-refractivity contribution is 7.17. The number of nitrogens with one attached hydrogen (secondary N) is 1. The maximum absolute atomic E-state index is 12.4. The van der Waals surface area contributed by atoms with Crippen molar-refractivity contribution in [1.29, 1.82) is 0 Å². The lowest BCUT2D eigenvalue weighted by Gasteiger charge is -2.13. The number of carbonyl (C=O) groups is 1. The summed E-state index contributed by atoms with van der Waals surface area (Å²) in [5.41, 5.74) is 1.89.